The molecule has 2 radical (unpaired) electrons. The van der Waals surface area contributed by atoms with Crippen LogP contribution in [0.25, 0.3) is 0 Å². The van der Waals surface area contributed by atoms with Crippen molar-refractivity contribution in [2.75, 3.05) is 0 Å². The van der Waals surface area contributed by atoms with Crippen LogP contribution in [0.4, 0.5) is 0 Å². The maximum atomic E-state index is 0. The Labute approximate surface area is 124 Å². The van der Waals surface area contributed by atoms with E-state index in [-0.39, 0.29) is 127 Å². The fourth-order valence-electron chi connectivity index (χ4n) is 0. The van der Waals surface area contributed by atoms with Gasteiger partial charge < -0.3 is 2.85 Å². The van der Waals surface area contributed by atoms with Crippen LogP contribution in [0.5, 0.6) is 0 Å². The first-order valence-electron chi connectivity index (χ1n) is 0. The van der Waals surface area contributed by atoms with Crippen LogP contribution in [0, 0.1) is 0 Å². The molecule has 4 heteroatoms. The van der Waals surface area contributed by atoms with E-state index < -0.39 is 0 Å². The molecule has 0 aromatic carbocycles. The summed E-state index contributed by atoms with van der Waals surface area (Å²) < 4.78 is 0. The van der Waals surface area contributed by atoms with Crippen molar-refractivity contribution in [3.05, 3.63) is 0 Å². The second-order valence-electron chi connectivity index (χ2n) is 0. The van der Waals surface area contributed by atoms with Crippen molar-refractivity contribution in [1.82, 2.24) is 0 Å². The van der Waals surface area contributed by atoms with Crippen LogP contribution < -0.4 is 80.9 Å². The molecule has 0 aromatic heterocycles. The van der Waals surface area contributed by atoms with Crippen molar-refractivity contribution in [2.45, 2.75) is 0 Å². The molecule has 0 aliphatic heterocycles. The summed E-state index contributed by atoms with van der Waals surface area (Å²) in [5, 5.41) is 0. The first-order valence-corrected chi connectivity index (χ1v) is 0. The molecule has 0 bridgehead atoms. The molecule has 0 heterocycles. The minimum atomic E-state index is 0. The van der Waals surface area contributed by atoms with E-state index in [1.807, 2.05) is 0 Å². The summed E-state index contributed by atoms with van der Waals surface area (Å²) in [6.07, 6.45) is 0. The maximum absolute atomic E-state index is 0. The molecule has 0 atom stereocenters. The van der Waals surface area contributed by atoms with Crippen LogP contribution >= 0.6 is 0 Å². The van der Waals surface area contributed by atoms with Crippen molar-refractivity contribution >= 4 is 43.7 Å². The van der Waals surface area contributed by atoms with E-state index >= 15 is 0 Å². The van der Waals surface area contributed by atoms with Crippen molar-refractivity contribution in [1.29, 1.82) is 0 Å². The molecule has 0 saturated carbocycles. The van der Waals surface area contributed by atoms with Gasteiger partial charge in [0.2, 0.25) is 0 Å². The zero-order valence-corrected chi connectivity index (χ0v) is 11.9. The molecular formula is H7GaKNaSn. The van der Waals surface area contributed by atoms with E-state index in [1.165, 1.54) is 0 Å². The molecule has 0 unspecified atom stereocenters. The molecule has 0 amide bonds. The van der Waals surface area contributed by atoms with E-state index in [1.54, 1.807) is 0 Å². The topological polar surface area (TPSA) is 0 Å². The molecule has 0 aliphatic carbocycles. The second kappa shape index (κ2) is 15.7. The Morgan fingerprint density at radius 1 is 1.25 bits per heavy atom. The molecule has 0 N–H and O–H groups in total. The first kappa shape index (κ1) is 24.3. The van der Waals surface area contributed by atoms with Gasteiger partial charge in [0, 0.05) is 0 Å². The Balaban J connectivity index is 0. The van der Waals surface area contributed by atoms with Gasteiger partial charge in [0.15, 0.2) is 0 Å². The number of rotatable bonds is 0. The summed E-state index contributed by atoms with van der Waals surface area (Å²) in [7, 11) is 0. The average Bonchev–Trinajstić information content (AvgIpc) is 0. The zero-order valence-electron chi connectivity index (χ0n) is 4.71. The van der Waals surface area contributed by atoms with Crippen LogP contribution in [-0.4, -0.2) is 43.7 Å². The van der Waals surface area contributed by atoms with Crippen LogP contribution in [0.1, 0.15) is 2.85 Å². The van der Waals surface area contributed by atoms with Gasteiger partial charge in [0.25, 0.3) is 0 Å². The van der Waals surface area contributed by atoms with Crippen molar-refractivity contribution < 1.29 is 83.8 Å². The second-order valence-corrected chi connectivity index (χ2v) is 0. The van der Waals surface area contributed by atoms with E-state index in [9.17, 15) is 0 Å². The Morgan fingerprint density at radius 3 is 1.25 bits per heavy atom. The quantitative estimate of drug-likeness (QED) is 0.378. The molecule has 0 fully saturated rings. The Bertz CT molecular complexity index is 13.5. The molecule has 16 valence electrons. The van der Waals surface area contributed by atoms with Crippen molar-refractivity contribution in [2.24, 2.45) is 0 Å². The van der Waals surface area contributed by atoms with E-state index in [0.29, 0.717) is 0 Å². The summed E-state index contributed by atoms with van der Waals surface area (Å²) >= 11 is 0. The normalized spacial score (nSPS) is 0. The molecule has 0 spiro atoms. The summed E-state index contributed by atoms with van der Waals surface area (Å²) in [4.78, 5) is 0. The molecule has 0 rings (SSSR count). The van der Waals surface area contributed by atoms with Crippen LogP contribution in [-0.2, 0) is 0 Å². The molecule has 4 heavy (non-hydrogen) atoms. The predicted octanol–water partition coefficient (Wildman–Crippen LogP) is -7.87. The van der Waals surface area contributed by atoms with Gasteiger partial charge in [-0.15, -0.1) is 0 Å². The monoisotopic (exact) mass is 258 g/mol. The Morgan fingerprint density at radius 2 is 1.25 bits per heavy atom. The van der Waals surface area contributed by atoms with Gasteiger partial charge in [-0.3, -0.25) is 0 Å². The fraction of sp³-hybridized carbons (Fsp3) is 0. The molecular weight excluding hydrogens is 251 g/mol. The summed E-state index contributed by atoms with van der Waals surface area (Å²) in [5.74, 6) is 0. The third-order valence-electron chi connectivity index (χ3n) is 0. The molecule has 0 aromatic rings. The van der Waals surface area contributed by atoms with Gasteiger partial charge in [-0.1, -0.05) is 0 Å². The first-order chi connectivity index (χ1) is 0. The van der Waals surface area contributed by atoms with E-state index in [0.717, 1.165) is 0 Å². The van der Waals surface area contributed by atoms with Gasteiger partial charge in [0.1, 0.15) is 0 Å². The average molecular weight is 258 g/mol. The third kappa shape index (κ3) is 9.42. The van der Waals surface area contributed by atoms with Gasteiger partial charge in [-0.05, 0) is 0 Å². The van der Waals surface area contributed by atoms with Crippen LogP contribution in [0.2, 0.25) is 0 Å². The number of hydrogen-bond acceptors (Lipinski definition) is 0. The zero-order chi connectivity index (χ0) is 0. The van der Waals surface area contributed by atoms with Crippen molar-refractivity contribution in [3.8, 4) is 0 Å². The SMILES string of the molecule is [GaH3].[H-].[H-].[K+].[Na+].[SnH2]. The fourth-order valence-corrected chi connectivity index (χ4v) is 0. The van der Waals surface area contributed by atoms with Crippen molar-refractivity contribution in [3.63, 3.8) is 0 Å². The summed E-state index contributed by atoms with van der Waals surface area (Å²) in [6.45, 7) is 0. The summed E-state index contributed by atoms with van der Waals surface area (Å²) in [5.41, 5.74) is 0. The van der Waals surface area contributed by atoms with Gasteiger partial charge in [0.05, 0.1) is 0 Å². The Kier molecular flexibility index (Phi) is 95.7. The minimum absolute atomic E-state index is 0. The van der Waals surface area contributed by atoms with E-state index in [2.05, 4.69) is 0 Å². The van der Waals surface area contributed by atoms with E-state index in [4.69, 9.17) is 0 Å². The molecule has 0 nitrogen and oxygen atoms in total. The molecule has 0 saturated heterocycles. The Hall–Kier alpha value is 4.07. The van der Waals surface area contributed by atoms with Gasteiger partial charge >= 0.3 is 125 Å². The predicted molar refractivity (Wildman–Crippen MR) is 20.7 cm³/mol. The number of hydrogen-bond donors (Lipinski definition) is 0. The standard InChI is InChI=1S/Ga.K.Na.Sn.7H/q;2*+1;;;;;;;2*-1. The molecule has 0 aliphatic rings. The van der Waals surface area contributed by atoms with Crippen LogP contribution in [0.15, 0.2) is 0 Å². The third-order valence-corrected chi connectivity index (χ3v) is 0. The van der Waals surface area contributed by atoms with Crippen LogP contribution in [0.3, 0.4) is 0 Å². The van der Waals surface area contributed by atoms with Gasteiger partial charge in [-0.25, -0.2) is 0 Å². The summed E-state index contributed by atoms with van der Waals surface area (Å²) in [6, 6.07) is 0. The van der Waals surface area contributed by atoms with Gasteiger partial charge in [-0.2, -0.15) is 0 Å².